The van der Waals surface area contributed by atoms with E-state index in [-0.39, 0.29) is 23.5 Å². The summed E-state index contributed by atoms with van der Waals surface area (Å²) in [6.45, 7) is 3.75. The van der Waals surface area contributed by atoms with Gasteiger partial charge in [0.2, 0.25) is 0 Å². The highest BCUT2D eigenvalue weighted by Gasteiger charge is 2.08. The number of aldehydes is 1. The lowest BCUT2D eigenvalue weighted by Crippen LogP contribution is -2.01. The van der Waals surface area contributed by atoms with Gasteiger partial charge in [0.25, 0.3) is 0 Å². The molecule has 0 aliphatic heterocycles. The maximum atomic E-state index is 11.4. The summed E-state index contributed by atoms with van der Waals surface area (Å²) in [5.74, 6) is -0.932. The molecule has 26 heavy (non-hydrogen) atoms. The Kier molecular flexibility index (Phi) is 8.92. The first-order valence-electron chi connectivity index (χ1n) is 8.54. The third-order valence-corrected chi connectivity index (χ3v) is 4.00. The van der Waals surface area contributed by atoms with Gasteiger partial charge in [0.1, 0.15) is 17.8 Å². The van der Waals surface area contributed by atoms with Crippen molar-refractivity contribution in [3.8, 4) is 11.5 Å². The fourth-order valence-corrected chi connectivity index (χ4v) is 2.42. The minimum absolute atomic E-state index is 0.0261. The SMILES string of the molecule is C/C(C=O)=C\CC/C(C)=C/CCC(=CCc1cc(O)ccc1O)C(=O)O. The van der Waals surface area contributed by atoms with E-state index in [9.17, 15) is 24.9 Å². The van der Waals surface area contributed by atoms with Gasteiger partial charge < -0.3 is 15.3 Å². The molecule has 0 saturated carbocycles. The number of rotatable bonds is 10. The van der Waals surface area contributed by atoms with Crippen LogP contribution in [0.2, 0.25) is 0 Å². The van der Waals surface area contributed by atoms with Gasteiger partial charge >= 0.3 is 5.97 Å². The van der Waals surface area contributed by atoms with Crippen molar-refractivity contribution in [1.29, 1.82) is 0 Å². The van der Waals surface area contributed by atoms with Crippen LogP contribution < -0.4 is 0 Å². The number of hydrogen-bond acceptors (Lipinski definition) is 4. The highest BCUT2D eigenvalue weighted by Crippen LogP contribution is 2.23. The Hall–Kier alpha value is -2.82. The van der Waals surface area contributed by atoms with Crippen LogP contribution in [0.25, 0.3) is 0 Å². The highest BCUT2D eigenvalue weighted by atomic mass is 16.4. The van der Waals surface area contributed by atoms with Crippen LogP contribution in [0.3, 0.4) is 0 Å². The number of phenols is 2. The van der Waals surface area contributed by atoms with Gasteiger partial charge in [-0.25, -0.2) is 4.79 Å². The molecule has 0 heterocycles. The number of benzene rings is 1. The van der Waals surface area contributed by atoms with Crippen molar-refractivity contribution in [2.24, 2.45) is 0 Å². The molecule has 1 rings (SSSR count). The average molecular weight is 358 g/mol. The van der Waals surface area contributed by atoms with E-state index in [0.29, 0.717) is 24.0 Å². The minimum atomic E-state index is -0.986. The topological polar surface area (TPSA) is 94.8 Å². The summed E-state index contributed by atoms with van der Waals surface area (Å²) in [4.78, 5) is 21.9. The zero-order valence-corrected chi connectivity index (χ0v) is 15.2. The van der Waals surface area contributed by atoms with Crippen LogP contribution in [-0.4, -0.2) is 27.6 Å². The Morgan fingerprint density at radius 3 is 2.38 bits per heavy atom. The van der Waals surface area contributed by atoms with Gasteiger partial charge in [0.15, 0.2) is 0 Å². The number of aromatic hydroxyl groups is 2. The van der Waals surface area contributed by atoms with Crippen molar-refractivity contribution in [2.75, 3.05) is 0 Å². The Bertz CT molecular complexity index is 726. The van der Waals surface area contributed by atoms with E-state index in [4.69, 9.17) is 0 Å². The summed E-state index contributed by atoms with van der Waals surface area (Å²) < 4.78 is 0. The van der Waals surface area contributed by atoms with Crippen LogP contribution in [-0.2, 0) is 16.0 Å². The molecule has 0 radical (unpaired) electrons. The molecule has 0 fully saturated rings. The van der Waals surface area contributed by atoms with E-state index in [1.807, 2.05) is 19.1 Å². The van der Waals surface area contributed by atoms with Crippen LogP contribution in [0.5, 0.6) is 11.5 Å². The largest absolute Gasteiger partial charge is 0.508 e. The molecule has 0 bridgehead atoms. The summed E-state index contributed by atoms with van der Waals surface area (Å²) in [5.41, 5.74) is 2.61. The first kappa shape index (κ1) is 21.2. The number of phenolic OH excluding ortho intramolecular Hbond substituents is 2. The normalized spacial score (nSPS) is 12.9. The summed E-state index contributed by atoms with van der Waals surface area (Å²) >= 11 is 0. The molecule has 5 heteroatoms. The second-order valence-electron chi connectivity index (χ2n) is 6.25. The molecule has 3 N–H and O–H groups in total. The summed E-state index contributed by atoms with van der Waals surface area (Å²) in [7, 11) is 0. The first-order valence-corrected chi connectivity index (χ1v) is 8.54. The Balaban J connectivity index is 2.62. The lowest BCUT2D eigenvalue weighted by atomic mass is 10.0. The van der Waals surface area contributed by atoms with Crippen molar-refractivity contribution in [3.63, 3.8) is 0 Å². The van der Waals surface area contributed by atoms with Crippen LogP contribution >= 0.6 is 0 Å². The summed E-state index contributed by atoms with van der Waals surface area (Å²) in [5, 5.41) is 28.5. The van der Waals surface area contributed by atoms with Crippen molar-refractivity contribution in [2.45, 2.75) is 46.0 Å². The van der Waals surface area contributed by atoms with Crippen LogP contribution in [0.4, 0.5) is 0 Å². The average Bonchev–Trinajstić information content (AvgIpc) is 2.60. The van der Waals surface area contributed by atoms with Gasteiger partial charge in [-0.2, -0.15) is 0 Å². The first-order chi connectivity index (χ1) is 12.3. The van der Waals surface area contributed by atoms with E-state index in [2.05, 4.69) is 0 Å². The van der Waals surface area contributed by atoms with Gasteiger partial charge in [-0.05, 0) is 69.7 Å². The number of carbonyl (C=O) groups is 2. The van der Waals surface area contributed by atoms with Gasteiger partial charge in [-0.1, -0.05) is 23.8 Å². The smallest absolute Gasteiger partial charge is 0.331 e. The Labute approximate surface area is 154 Å². The number of allylic oxidation sites excluding steroid dienone is 5. The molecule has 0 saturated heterocycles. The zero-order valence-electron chi connectivity index (χ0n) is 15.2. The number of aliphatic carboxylic acids is 1. The molecule has 0 aliphatic rings. The van der Waals surface area contributed by atoms with Crippen LogP contribution in [0.1, 0.15) is 45.1 Å². The standard InChI is InChI=1S/C21H26O5/c1-15(5-3-7-16(2)14-22)6-4-8-17(21(25)26)9-10-18-13-19(23)11-12-20(18)24/h6-7,9,11-14,23-24H,3-5,8,10H2,1-2H3,(H,25,26)/b15-6+,16-7+,17-9?. The Morgan fingerprint density at radius 2 is 1.73 bits per heavy atom. The van der Waals surface area contributed by atoms with Gasteiger partial charge in [-0.3, -0.25) is 4.79 Å². The third-order valence-electron chi connectivity index (χ3n) is 4.00. The maximum absolute atomic E-state index is 11.4. The van der Waals surface area contributed by atoms with E-state index >= 15 is 0 Å². The molecule has 0 aliphatic carbocycles. The van der Waals surface area contributed by atoms with Crippen molar-refractivity contribution >= 4 is 12.3 Å². The van der Waals surface area contributed by atoms with Crippen LogP contribution in [0, 0.1) is 0 Å². The number of carbonyl (C=O) groups excluding carboxylic acids is 1. The second kappa shape index (κ2) is 10.9. The molecule has 0 amide bonds. The van der Waals surface area contributed by atoms with Gasteiger partial charge in [0, 0.05) is 11.1 Å². The minimum Gasteiger partial charge on any atom is -0.508 e. The predicted octanol–water partition coefficient (Wildman–Crippen LogP) is 4.30. The monoisotopic (exact) mass is 358 g/mol. The van der Waals surface area contributed by atoms with E-state index in [1.54, 1.807) is 13.0 Å². The van der Waals surface area contributed by atoms with Crippen molar-refractivity contribution in [1.82, 2.24) is 0 Å². The molecule has 140 valence electrons. The van der Waals surface area contributed by atoms with E-state index in [0.717, 1.165) is 24.7 Å². The Morgan fingerprint density at radius 1 is 1.04 bits per heavy atom. The van der Waals surface area contributed by atoms with E-state index in [1.165, 1.54) is 18.2 Å². The number of hydrogen-bond donors (Lipinski definition) is 3. The molecular formula is C21H26O5. The van der Waals surface area contributed by atoms with Crippen molar-refractivity contribution < 1.29 is 24.9 Å². The molecular weight excluding hydrogens is 332 g/mol. The molecule has 0 unspecified atom stereocenters. The lowest BCUT2D eigenvalue weighted by molar-refractivity contribution is -0.132. The quantitative estimate of drug-likeness (QED) is 0.251. The number of carboxylic acid groups (broad SMARTS) is 1. The molecule has 0 aromatic heterocycles. The molecule has 0 spiro atoms. The summed E-state index contributed by atoms with van der Waals surface area (Å²) in [6.07, 6.45) is 9.12. The van der Waals surface area contributed by atoms with Crippen molar-refractivity contribution in [3.05, 3.63) is 58.7 Å². The maximum Gasteiger partial charge on any atom is 0.331 e. The highest BCUT2D eigenvalue weighted by molar-refractivity contribution is 5.86. The van der Waals surface area contributed by atoms with E-state index < -0.39 is 5.97 Å². The summed E-state index contributed by atoms with van der Waals surface area (Å²) in [6, 6.07) is 4.18. The zero-order chi connectivity index (χ0) is 19.5. The molecule has 0 atom stereocenters. The lowest BCUT2D eigenvalue weighted by Gasteiger charge is -2.05. The third kappa shape index (κ3) is 7.83. The predicted molar refractivity (Wildman–Crippen MR) is 101 cm³/mol. The van der Waals surface area contributed by atoms with Gasteiger partial charge in [-0.15, -0.1) is 0 Å². The number of carboxylic acids is 1. The second-order valence-corrected chi connectivity index (χ2v) is 6.25. The fraction of sp³-hybridized carbons (Fsp3) is 0.333. The van der Waals surface area contributed by atoms with Crippen LogP contribution in [0.15, 0.2) is 53.1 Å². The molecule has 1 aromatic rings. The van der Waals surface area contributed by atoms with Gasteiger partial charge in [0.05, 0.1) is 0 Å². The fourth-order valence-electron chi connectivity index (χ4n) is 2.42. The molecule has 5 nitrogen and oxygen atoms in total. The molecule has 1 aromatic carbocycles.